The molecule has 27 heavy (non-hydrogen) atoms. The van der Waals surface area contributed by atoms with Crippen LogP contribution >= 0.6 is 0 Å². The second kappa shape index (κ2) is 7.44. The number of carbonyl (C=O) groups excluding carboxylic acids is 2. The molecule has 0 aromatic heterocycles. The van der Waals surface area contributed by atoms with E-state index in [9.17, 15) is 14.7 Å². The monoisotopic (exact) mass is 370 g/mol. The van der Waals surface area contributed by atoms with Gasteiger partial charge in [0.25, 0.3) is 0 Å². The minimum Gasteiger partial charge on any atom is -0.394 e. The minimum atomic E-state index is -0.210. The van der Waals surface area contributed by atoms with Gasteiger partial charge in [-0.25, -0.2) is 0 Å². The third kappa shape index (κ3) is 3.17. The van der Waals surface area contributed by atoms with Crippen LogP contribution in [0.1, 0.15) is 36.3 Å². The van der Waals surface area contributed by atoms with Crippen molar-refractivity contribution in [2.24, 2.45) is 0 Å². The molecule has 0 bridgehead atoms. The van der Waals surface area contributed by atoms with Crippen LogP contribution in [0.3, 0.4) is 0 Å². The van der Waals surface area contributed by atoms with Crippen molar-refractivity contribution in [3.05, 3.63) is 41.5 Å². The van der Waals surface area contributed by atoms with E-state index in [1.807, 2.05) is 0 Å². The molecule has 2 amide bonds. The molecule has 1 aliphatic carbocycles. The van der Waals surface area contributed by atoms with Gasteiger partial charge in [0.2, 0.25) is 11.8 Å². The van der Waals surface area contributed by atoms with E-state index in [-0.39, 0.29) is 49.6 Å². The van der Waals surface area contributed by atoms with E-state index in [1.54, 1.807) is 9.80 Å². The number of nitrogens with zero attached hydrogens (tertiary/aromatic N) is 2. The number of hydrogen-bond acceptors (Lipinski definition) is 4. The average molecular weight is 370 g/mol. The predicted octanol–water partition coefficient (Wildman–Crippen LogP) is 1.40. The maximum atomic E-state index is 12.5. The van der Waals surface area contributed by atoms with E-state index >= 15 is 0 Å². The molecule has 3 atom stereocenters. The molecule has 0 saturated carbocycles. The summed E-state index contributed by atoms with van der Waals surface area (Å²) in [5.41, 5.74) is 3.77. The number of allylic oxidation sites excluding steroid dienone is 2. The molecule has 2 fully saturated rings. The van der Waals surface area contributed by atoms with Gasteiger partial charge in [0.1, 0.15) is 6.61 Å². The summed E-state index contributed by atoms with van der Waals surface area (Å²) < 4.78 is 4.93. The SMILES string of the molecule is COCC(=O)N1CC(=O)N2[C@H](CO)[C@H](c3ccc(C4=CCCC4)cc3)[C@@H]2C1. The molecule has 2 heterocycles. The lowest BCUT2D eigenvalue weighted by Crippen LogP contribution is -2.73. The van der Waals surface area contributed by atoms with Gasteiger partial charge in [-0.05, 0) is 36.0 Å². The van der Waals surface area contributed by atoms with Crippen molar-refractivity contribution in [1.29, 1.82) is 0 Å². The largest absolute Gasteiger partial charge is 0.394 e. The van der Waals surface area contributed by atoms with Crippen LogP contribution in [0.4, 0.5) is 0 Å². The topological polar surface area (TPSA) is 70.1 Å². The molecule has 1 aromatic carbocycles. The Morgan fingerprint density at radius 3 is 2.70 bits per heavy atom. The number of hydrogen-bond donors (Lipinski definition) is 1. The Bertz CT molecular complexity index is 758. The van der Waals surface area contributed by atoms with Crippen LogP contribution in [0.15, 0.2) is 30.3 Å². The summed E-state index contributed by atoms with van der Waals surface area (Å²) >= 11 is 0. The Kier molecular flexibility index (Phi) is 5.02. The number of rotatable bonds is 5. The fourth-order valence-corrected chi connectivity index (χ4v) is 4.76. The van der Waals surface area contributed by atoms with Crippen molar-refractivity contribution in [2.75, 3.05) is 33.4 Å². The van der Waals surface area contributed by atoms with Gasteiger partial charge in [-0.2, -0.15) is 0 Å². The molecular formula is C21H26N2O4. The van der Waals surface area contributed by atoms with Crippen LogP contribution in [0.25, 0.3) is 5.57 Å². The molecule has 6 heteroatoms. The Morgan fingerprint density at radius 2 is 2.07 bits per heavy atom. The van der Waals surface area contributed by atoms with E-state index in [1.165, 1.54) is 24.7 Å². The lowest BCUT2D eigenvalue weighted by molar-refractivity contribution is -0.168. The minimum absolute atomic E-state index is 0.0160. The van der Waals surface area contributed by atoms with Crippen LogP contribution in [-0.4, -0.2) is 72.2 Å². The molecule has 0 radical (unpaired) electrons. The summed E-state index contributed by atoms with van der Waals surface area (Å²) in [7, 11) is 1.48. The first-order chi connectivity index (χ1) is 13.1. The molecule has 2 saturated heterocycles. The lowest BCUT2D eigenvalue weighted by atomic mass is 9.73. The zero-order valence-electron chi connectivity index (χ0n) is 15.6. The number of ether oxygens (including phenoxy) is 1. The highest BCUT2D eigenvalue weighted by molar-refractivity contribution is 5.88. The smallest absolute Gasteiger partial charge is 0.249 e. The maximum Gasteiger partial charge on any atom is 0.249 e. The Morgan fingerprint density at radius 1 is 1.30 bits per heavy atom. The van der Waals surface area contributed by atoms with Gasteiger partial charge >= 0.3 is 0 Å². The lowest BCUT2D eigenvalue weighted by Gasteiger charge is -2.58. The molecular weight excluding hydrogens is 344 g/mol. The van der Waals surface area contributed by atoms with Gasteiger partial charge in [0, 0.05) is 19.6 Å². The Balaban J connectivity index is 1.54. The maximum absolute atomic E-state index is 12.5. The first-order valence-electron chi connectivity index (χ1n) is 9.62. The molecule has 0 unspecified atom stereocenters. The third-order valence-electron chi connectivity index (χ3n) is 6.08. The summed E-state index contributed by atoms with van der Waals surface area (Å²) in [6.45, 7) is 0.473. The molecule has 6 nitrogen and oxygen atoms in total. The molecule has 4 rings (SSSR count). The highest BCUT2D eigenvalue weighted by Gasteiger charge is 2.54. The fourth-order valence-electron chi connectivity index (χ4n) is 4.76. The molecule has 3 aliphatic rings. The quantitative estimate of drug-likeness (QED) is 0.851. The first-order valence-corrected chi connectivity index (χ1v) is 9.62. The number of fused-ring (bicyclic) bond motifs is 1. The van der Waals surface area contributed by atoms with Gasteiger partial charge in [0.05, 0.1) is 25.2 Å². The van der Waals surface area contributed by atoms with E-state index in [4.69, 9.17) is 4.74 Å². The second-order valence-corrected chi connectivity index (χ2v) is 7.59. The number of amides is 2. The third-order valence-corrected chi connectivity index (χ3v) is 6.08. The number of methoxy groups -OCH3 is 1. The number of aliphatic hydroxyl groups is 1. The first kappa shape index (κ1) is 18.2. The predicted molar refractivity (Wildman–Crippen MR) is 101 cm³/mol. The van der Waals surface area contributed by atoms with Crippen LogP contribution in [-0.2, 0) is 14.3 Å². The highest BCUT2D eigenvalue weighted by atomic mass is 16.5. The van der Waals surface area contributed by atoms with Gasteiger partial charge in [-0.3, -0.25) is 9.59 Å². The number of benzene rings is 1. The van der Waals surface area contributed by atoms with Crippen LogP contribution in [0, 0.1) is 0 Å². The number of piperazine rings is 1. The standard InChI is InChI=1S/C21H26N2O4/c1-27-13-20(26)22-10-17-21(18(12-24)23(17)19(25)11-22)16-8-6-15(7-9-16)14-4-2-3-5-14/h4,6-9,17-18,21,24H,2-3,5,10-13H2,1H3/t17-,18+,21+/m0/s1. The van der Waals surface area contributed by atoms with Crippen molar-refractivity contribution in [1.82, 2.24) is 9.80 Å². The van der Waals surface area contributed by atoms with E-state index in [0.717, 1.165) is 18.4 Å². The van der Waals surface area contributed by atoms with Gasteiger partial charge in [-0.15, -0.1) is 0 Å². The van der Waals surface area contributed by atoms with Gasteiger partial charge in [0.15, 0.2) is 0 Å². The van der Waals surface area contributed by atoms with Crippen LogP contribution in [0.2, 0.25) is 0 Å². The van der Waals surface area contributed by atoms with Crippen LogP contribution < -0.4 is 0 Å². The zero-order valence-corrected chi connectivity index (χ0v) is 15.6. The fraction of sp³-hybridized carbons (Fsp3) is 0.524. The Labute approximate surface area is 159 Å². The normalized spacial score (nSPS) is 27.3. The van der Waals surface area contributed by atoms with Crippen molar-refractivity contribution in [3.63, 3.8) is 0 Å². The average Bonchev–Trinajstić information content (AvgIpc) is 3.19. The van der Waals surface area contributed by atoms with Crippen LogP contribution in [0.5, 0.6) is 0 Å². The van der Waals surface area contributed by atoms with E-state index in [2.05, 4.69) is 30.3 Å². The number of aliphatic hydroxyl groups excluding tert-OH is 1. The summed E-state index contributed by atoms with van der Waals surface area (Å²) in [6, 6.07) is 8.21. The highest BCUT2D eigenvalue weighted by Crippen LogP contribution is 2.43. The molecule has 1 aromatic rings. The summed E-state index contributed by atoms with van der Waals surface area (Å²) in [5, 5.41) is 9.86. The summed E-state index contributed by atoms with van der Waals surface area (Å²) in [5.74, 6) is -0.220. The molecule has 0 spiro atoms. The molecule has 1 N–H and O–H groups in total. The van der Waals surface area contributed by atoms with Gasteiger partial charge in [-0.1, -0.05) is 30.3 Å². The van der Waals surface area contributed by atoms with Gasteiger partial charge < -0.3 is 19.6 Å². The van der Waals surface area contributed by atoms with Crippen molar-refractivity contribution < 1.29 is 19.4 Å². The van der Waals surface area contributed by atoms with E-state index in [0.29, 0.717) is 6.54 Å². The van der Waals surface area contributed by atoms with Crippen molar-refractivity contribution >= 4 is 17.4 Å². The summed E-state index contributed by atoms with van der Waals surface area (Å²) in [6.07, 6.45) is 5.80. The molecule has 144 valence electrons. The molecule has 2 aliphatic heterocycles. The number of carbonyl (C=O) groups is 2. The Hall–Kier alpha value is -2.18. The van der Waals surface area contributed by atoms with Crippen molar-refractivity contribution in [3.8, 4) is 0 Å². The van der Waals surface area contributed by atoms with E-state index < -0.39 is 0 Å². The summed E-state index contributed by atoms with van der Waals surface area (Å²) in [4.78, 5) is 28.0. The second-order valence-electron chi connectivity index (χ2n) is 7.59. The van der Waals surface area contributed by atoms with Crippen molar-refractivity contribution in [2.45, 2.75) is 37.3 Å². The zero-order chi connectivity index (χ0) is 19.0.